The maximum absolute atomic E-state index is 13.0. The Balaban J connectivity index is 2.07. The van der Waals surface area contributed by atoms with E-state index in [0.717, 1.165) is 5.56 Å². The van der Waals surface area contributed by atoms with Crippen molar-refractivity contribution in [1.29, 1.82) is 0 Å². The van der Waals surface area contributed by atoms with Gasteiger partial charge in [-0.2, -0.15) is 5.10 Å². The molecule has 0 bridgehead atoms. The van der Waals surface area contributed by atoms with E-state index in [1.54, 1.807) is 36.4 Å². The first-order chi connectivity index (χ1) is 12.4. The number of hydrogen-bond donors (Lipinski definition) is 2. The molecule has 3 rings (SSSR count). The molecular weight excluding hydrogens is 350 g/mol. The average molecular weight is 369 g/mol. The summed E-state index contributed by atoms with van der Waals surface area (Å²) in [6.45, 7) is 3.75. The van der Waals surface area contributed by atoms with E-state index >= 15 is 0 Å². The molecule has 3 aromatic rings. The van der Waals surface area contributed by atoms with Gasteiger partial charge < -0.3 is 0 Å². The topological polar surface area (TPSA) is 91.9 Å². The van der Waals surface area contributed by atoms with Crippen molar-refractivity contribution in [3.8, 4) is 11.3 Å². The van der Waals surface area contributed by atoms with Crippen molar-refractivity contribution >= 4 is 15.7 Å². The Kier molecular flexibility index (Phi) is 4.90. The summed E-state index contributed by atoms with van der Waals surface area (Å²) in [6.07, 6.45) is 0.573. The Hall–Kier alpha value is -2.93. The molecule has 26 heavy (non-hydrogen) atoms. The number of nitrogens with one attached hydrogen (secondary N) is 2. The second kappa shape index (κ2) is 7.13. The highest BCUT2D eigenvalue weighted by molar-refractivity contribution is 7.92. The predicted molar refractivity (Wildman–Crippen MR) is 102 cm³/mol. The molecule has 2 aromatic carbocycles. The van der Waals surface area contributed by atoms with Crippen molar-refractivity contribution in [3.05, 3.63) is 76.1 Å². The van der Waals surface area contributed by atoms with Gasteiger partial charge in [-0.25, -0.2) is 13.5 Å². The summed E-state index contributed by atoms with van der Waals surface area (Å²) < 4.78 is 28.6. The summed E-state index contributed by atoms with van der Waals surface area (Å²) in [5.41, 5.74) is 2.89. The zero-order valence-electron chi connectivity index (χ0n) is 14.5. The number of aryl methyl sites for hydroxylation is 2. The van der Waals surface area contributed by atoms with Gasteiger partial charge in [-0.15, -0.1) is 0 Å². The highest BCUT2D eigenvalue weighted by Gasteiger charge is 2.20. The summed E-state index contributed by atoms with van der Waals surface area (Å²) >= 11 is 0. The molecule has 7 heteroatoms. The summed E-state index contributed by atoms with van der Waals surface area (Å²) in [4.78, 5) is 11.4. The van der Waals surface area contributed by atoms with Gasteiger partial charge in [0.1, 0.15) is 0 Å². The van der Waals surface area contributed by atoms with Gasteiger partial charge in [0, 0.05) is 11.6 Å². The van der Waals surface area contributed by atoms with Crippen molar-refractivity contribution in [3.63, 3.8) is 0 Å². The molecule has 0 radical (unpaired) electrons. The van der Waals surface area contributed by atoms with Crippen LogP contribution in [0, 0.1) is 6.92 Å². The highest BCUT2D eigenvalue weighted by Crippen LogP contribution is 2.26. The zero-order valence-corrected chi connectivity index (χ0v) is 15.3. The van der Waals surface area contributed by atoms with Crippen molar-refractivity contribution in [2.24, 2.45) is 0 Å². The first-order valence-corrected chi connectivity index (χ1v) is 9.66. The molecule has 0 saturated carbocycles. The van der Waals surface area contributed by atoms with Crippen LogP contribution in [0.3, 0.4) is 0 Å². The van der Waals surface area contributed by atoms with Gasteiger partial charge in [-0.3, -0.25) is 9.52 Å². The second-order valence-corrected chi connectivity index (χ2v) is 7.55. The monoisotopic (exact) mass is 369 g/mol. The molecule has 0 saturated heterocycles. The lowest BCUT2D eigenvalue weighted by Crippen LogP contribution is -2.16. The number of para-hydroxylation sites is 1. The third kappa shape index (κ3) is 3.67. The molecule has 0 amide bonds. The second-order valence-electron chi connectivity index (χ2n) is 5.90. The van der Waals surface area contributed by atoms with Gasteiger partial charge in [0.05, 0.1) is 16.3 Å². The van der Waals surface area contributed by atoms with Crippen LogP contribution in [0.2, 0.25) is 0 Å². The molecule has 0 atom stereocenters. The van der Waals surface area contributed by atoms with E-state index in [1.807, 2.05) is 26.0 Å². The molecule has 1 heterocycles. The van der Waals surface area contributed by atoms with Crippen LogP contribution in [0.4, 0.5) is 5.69 Å². The molecular formula is C19H19N3O3S. The molecule has 0 fully saturated rings. The summed E-state index contributed by atoms with van der Waals surface area (Å²) in [5, 5.41) is 6.33. The molecule has 2 N–H and O–H groups in total. The van der Waals surface area contributed by atoms with Crippen LogP contribution < -0.4 is 10.3 Å². The lowest BCUT2D eigenvalue weighted by molar-refractivity contribution is 0.600. The van der Waals surface area contributed by atoms with E-state index in [0.29, 0.717) is 28.9 Å². The average Bonchev–Trinajstić information content (AvgIpc) is 2.63. The Morgan fingerprint density at radius 1 is 1.08 bits per heavy atom. The SMILES string of the molecule is CCc1ccc(-c2ccc(=O)[nH]n2)cc1S(=O)(=O)Nc1ccccc1C. The van der Waals surface area contributed by atoms with E-state index < -0.39 is 10.0 Å². The fourth-order valence-electron chi connectivity index (χ4n) is 2.65. The Morgan fingerprint density at radius 3 is 2.50 bits per heavy atom. The van der Waals surface area contributed by atoms with Gasteiger partial charge in [0.25, 0.3) is 15.6 Å². The minimum Gasteiger partial charge on any atom is -0.279 e. The normalized spacial score (nSPS) is 11.3. The van der Waals surface area contributed by atoms with E-state index in [1.165, 1.54) is 6.07 Å². The summed E-state index contributed by atoms with van der Waals surface area (Å²) in [7, 11) is -3.77. The number of rotatable bonds is 5. The Labute approximate surface area is 152 Å². The summed E-state index contributed by atoms with van der Waals surface area (Å²) in [6, 6.07) is 15.3. The Bertz CT molecular complexity index is 1080. The lowest BCUT2D eigenvalue weighted by atomic mass is 10.1. The lowest BCUT2D eigenvalue weighted by Gasteiger charge is -2.14. The first kappa shape index (κ1) is 17.9. The maximum Gasteiger partial charge on any atom is 0.264 e. The number of nitrogens with zero attached hydrogens (tertiary/aromatic N) is 1. The first-order valence-electron chi connectivity index (χ1n) is 8.18. The number of hydrogen-bond acceptors (Lipinski definition) is 4. The number of aromatic nitrogens is 2. The van der Waals surface area contributed by atoms with Crippen LogP contribution in [0.25, 0.3) is 11.3 Å². The highest BCUT2D eigenvalue weighted by atomic mass is 32.2. The van der Waals surface area contributed by atoms with Crippen LogP contribution >= 0.6 is 0 Å². The number of sulfonamides is 1. The van der Waals surface area contributed by atoms with Crippen LogP contribution in [-0.4, -0.2) is 18.6 Å². The van der Waals surface area contributed by atoms with E-state index in [9.17, 15) is 13.2 Å². The van der Waals surface area contributed by atoms with Crippen LogP contribution in [0.5, 0.6) is 0 Å². The van der Waals surface area contributed by atoms with Crippen molar-refractivity contribution < 1.29 is 8.42 Å². The molecule has 134 valence electrons. The largest absolute Gasteiger partial charge is 0.279 e. The molecule has 1 aromatic heterocycles. The zero-order chi connectivity index (χ0) is 18.7. The summed E-state index contributed by atoms with van der Waals surface area (Å²) in [5.74, 6) is 0. The molecule has 0 spiro atoms. The van der Waals surface area contributed by atoms with E-state index in [4.69, 9.17) is 0 Å². The van der Waals surface area contributed by atoms with Crippen molar-refractivity contribution in [1.82, 2.24) is 10.2 Å². The third-order valence-corrected chi connectivity index (χ3v) is 5.55. The third-order valence-electron chi connectivity index (χ3n) is 4.10. The number of H-pyrrole nitrogens is 1. The van der Waals surface area contributed by atoms with Gasteiger partial charge >= 0.3 is 0 Å². The van der Waals surface area contributed by atoms with Gasteiger partial charge in [0.2, 0.25) is 0 Å². The van der Waals surface area contributed by atoms with Crippen molar-refractivity contribution in [2.75, 3.05) is 4.72 Å². The Morgan fingerprint density at radius 2 is 1.85 bits per heavy atom. The number of benzene rings is 2. The minimum atomic E-state index is -3.77. The quantitative estimate of drug-likeness (QED) is 0.723. The van der Waals surface area contributed by atoms with Crippen LogP contribution in [0.15, 0.2) is 64.3 Å². The van der Waals surface area contributed by atoms with Gasteiger partial charge in [0.15, 0.2) is 0 Å². The number of anilines is 1. The molecule has 0 aliphatic carbocycles. The fourth-order valence-corrected chi connectivity index (χ4v) is 4.12. The van der Waals surface area contributed by atoms with Crippen molar-refractivity contribution in [2.45, 2.75) is 25.2 Å². The van der Waals surface area contributed by atoms with Gasteiger partial charge in [-0.1, -0.05) is 37.3 Å². The fraction of sp³-hybridized carbons (Fsp3) is 0.158. The smallest absolute Gasteiger partial charge is 0.264 e. The van der Waals surface area contributed by atoms with E-state index in [-0.39, 0.29) is 10.5 Å². The van der Waals surface area contributed by atoms with E-state index in [2.05, 4.69) is 14.9 Å². The minimum absolute atomic E-state index is 0.203. The molecule has 6 nitrogen and oxygen atoms in total. The molecule has 0 aliphatic rings. The molecule has 0 unspecified atom stereocenters. The predicted octanol–water partition coefficient (Wildman–Crippen LogP) is 3.11. The van der Waals surface area contributed by atoms with Gasteiger partial charge in [-0.05, 0) is 42.7 Å². The molecule has 0 aliphatic heterocycles. The standard InChI is InChI=1S/C19H19N3O3S/c1-3-14-8-9-15(17-10-11-19(23)21-20-17)12-18(14)26(24,25)22-16-7-5-4-6-13(16)2/h4-12,22H,3H2,1-2H3,(H,21,23). The van der Waals surface area contributed by atoms with Crippen LogP contribution in [-0.2, 0) is 16.4 Å². The maximum atomic E-state index is 13.0. The van der Waals surface area contributed by atoms with Crippen LogP contribution in [0.1, 0.15) is 18.1 Å². The number of aromatic amines is 1.